The third-order valence-electron chi connectivity index (χ3n) is 2.38. The molecule has 1 radical (unpaired) electrons. The molecule has 3 heterocycles. The fourth-order valence-corrected chi connectivity index (χ4v) is 2.23. The van der Waals surface area contributed by atoms with Crippen LogP contribution in [0.5, 0.6) is 0 Å². The van der Waals surface area contributed by atoms with Crippen molar-refractivity contribution in [2.75, 3.05) is 5.32 Å². The van der Waals surface area contributed by atoms with Gasteiger partial charge in [-0.1, -0.05) is 17.5 Å². The fourth-order valence-electron chi connectivity index (χ4n) is 1.46. The molecule has 0 atom stereocenters. The van der Waals surface area contributed by atoms with Crippen LogP contribution < -0.4 is 16.6 Å². The third kappa shape index (κ3) is 3.43. The van der Waals surface area contributed by atoms with Crippen molar-refractivity contribution in [1.29, 1.82) is 0 Å². The standard InChI is InChI=1S/C10H6N7O3S.Y/c18-7-4(1-11-9(20)14-7)8(19)15-10-12-3-6(21-10)5-2-13-17-16-5;/h2-3H,(H,12,15,19)(H,13,16,17)(H2,11,14,18,20);/q-1;. The maximum atomic E-state index is 11.9. The Labute approximate surface area is 150 Å². The molecule has 0 saturated carbocycles. The summed E-state index contributed by atoms with van der Waals surface area (Å²) in [6.45, 7) is 0. The first-order valence-corrected chi connectivity index (χ1v) is 6.33. The first-order chi connectivity index (χ1) is 10.1. The number of aromatic amines is 3. The average Bonchev–Trinajstić information content (AvgIpc) is 3.08. The van der Waals surface area contributed by atoms with Crippen LogP contribution in [0.2, 0.25) is 0 Å². The Morgan fingerprint density at radius 1 is 1.32 bits per heavy atom. The minimum atomic E-state index is -0.829. The van der Waals surface area contributed by atoms with Gasteiger partial charge >= 0.3 is 0 Å². The summed E-state index contributed by atoms with van der Waals surface area (Å²) in [7, 11) is 0. The van der Waals surface area contributed by atoms with Crippen molar-refractivity contribution in [2.45, 2.75) is 0 Å². The smallest absolute Gasteiger partial charge is 0.240 e. The van der Waals surface area contributed by atoms with Gasteiger partial charge in [-0.15, -0.1) is 0 Å². The number of nitrogens with one attached hydrogen (secondary N) is 4. The third-order valence-corrected chi connectivity index (χ3v) is 3.31. The molecule has 1 amide bonds. The first-order valence-electron chi connectivity index (χ1n) is 5.51. The molecular formula is C10H6N7O3SY-. The van der Waals surface area contributed by atoms with E-state index >= 15 is 0 Å². The van der Waals surface area contributed by atoms with E-state index in [2.05, 4.69) is 36.9 Å². The van der Waals surface area contributed by atoms with E-state index in [-0.39, 0.29) is 43.4 Å². The number of anilines is 1. The normalized spacial score (nSPS) is 10.0. The average molecular weight is 393 g/mol. The molecule has 0 fully saturated rings. The quantitative estimate of drug-likeness (QED) is 0.435. The van der Waals surface area contributed by atoms with Gasteiger partial charge < -0.3 is 29.7 Å². The molecule has 0 unspecified atom stereocenters. The van der Waals surface area contributed by atoms with Crippen molar-refractivity contribution < 1.29 is 37.5 Å². The summed E-state index contributed by atoms with van der Waals surface area (Å²) in [6.07, 6.45) is 5.24. The number of amides is 1. The second-order valence-electron chi connectivity index (χ2n) is 3.75. The molecular weight excluding hydrogens is 387 g/mol. The Morgan fingerprint density at radius 3 is 2.82 bits per heavy atom. The molecule has 12 heteroatoms. The zero-order valence-electron chi connectivity index (χ0n) is 10.7. The van der Waals surface area contributed by atoms with E-state index in [9.17, 15) is 14.4 Å². The van der Waals surface area contributed by atoms with Crippen LogP contribution >= 0.6 is 11.3 Å². The molecule has 10 nitrogen and oxygen atoms in total. The monoisotopic (exact) mass is 393 g/mol. The van der Waals surface area contributed by atoms with Crippen molar-refractivity contribution in [3.05, 3.63) is 45.0 Å². The number of carbonyl (C=O) groups is 1. The van der Waals surface area contributed by atoms with Crippen molar-refractivity contribution in [2.24, 2.45) is 0 Å². The molecule has 0 spiro atoms. The predicted molar refractivity (Wildman–Crippen MR) is 72.0 cm³/mol. The summed E-state index contributed by atoms with van der Waals surface area (Å²) < 4.78 is 0. The Bertz CT molecular complexity index is 898. The van der Waals surface area contributed by atoms with Crippen LogP contribution in [-0.2, 0) is 32.7 Å². The van der Waals surface area contributed by atoms with Crippen LogP contribution in [0.1, 0.15) is 10.4 Å². The van der Waals surface area contributed by atoms with Crippen molar-refractivity contribution >= 4 is 22.4 Å². The van der Waals surface area contributed by atoms with Crippen molar-refractivity contribution in [3.63, 3.8) is 0 Å². The summed E-state index contributed by atoms with van der Waals surface area (Å²) in [5.74, 6) is -0.728. The molecule has 0 aliphatic heterocycles. The summed E-state index contributed by atoms with van der Waals surface area (Å²) >= 11 is 1.16. The second kappa shape index (κ2) is 6.86. The summed E-state index contributed by atoms with van der Waals surface area (Å²) in [5, 5.41) is 12.7. The molecule has 0 bridgehead atoms. The zero-order valence-corrected chi connectivity index (χ0v) is 14.4. The molecule has 3 aromatic rings. The number of thiazole rings is 1. The Kier molecular flexibility index (Phi) is 5.11. The van der Waals surface area contributed by atoms with Crippen LogP contribution in [0, 0.1) is 6.20 Å². The van der Waals surface area contributed by atoms with E-state index < -0.39 is 17.2 Å². The van der Waals surface area contributed by atoms with Crippen molar-refractivity contribution in [1.82, 2.24) is 30.4 Å². The van der Waals surface area contributed by atoms with Gasteiger partial charge in [0.1, 0.15) is 5.69 Å². The number of hydrogen-bond acceptors (Lipinski definition) is 7. The largest absolute Gasteiger partial charge is 0.393 e. The van der Waals surface area contributed by atoms with Gasteiger partial charge in [-0.05, 0) is 5.56 Å². The Hall–Kier alpha value is -1.98. The van der Waals surface area contributed by atoms with Gasteiger partial charge in [0, 0.05) is 38.9 Å². The van der Waals surface area contributed by atoms with Crippen LogP contribution in [0.25, 0.3) is 10.6 Å². The molecule has 0 saturated heterocycles. The van der Waals surface area contributed by atoms with Gasteiger partial charge in [0.15, 0.2) is 16.6 Å². The summed E-state index contributed by atoms with van der Waals surface area (Å²) in [4.78, 5) is 42.9. The van der Waals surface area contributed by atoms with Gasteiger partial charge in [0.25, 0.3) is 0 Å². The molecule has 0 aromatic carbocycles. The molecule has 0 aliphatic rings. The SMILES string of the molecule is O=C(Nc1ncc(-c2cn[nH]n2)s1)c1[c-][nH]c(=O)[nH]c1=O.[Y]. The number of aromatic nitrogens is 6. The zero-order chi connectivity index (χ0) is 14.8. The van der Waals surface area contributed by atoms with Gasteiger partial charge in [-0.3, -0.25) is 0 Å². The van der Waals surface area contributed by atoms with Gasteiger partial charge in [0.2, 0.25) is 5.69 Å². The maximum Gasteiger partial charge on any atom is 0.240 e. The topological polar surface area (TPSA) is 149 Å². The molecule has 0 aliphatic carbocycles. The molecule has 22 heavy (non-hydrogen) atoms. The van der Waals surface area contributed by atoms with Gasteiger partial charge in [0.05, 0.1) is 11.1 Å². The Balaban J connectivity index is 0.00000176. The van der Waals surface area contributed by atoms with Crippen molar-refractivity contribution in [3.8, 4) is 10.6 Å². The van der Waals surface area contributed by atoms with Gasteiger partial charge in [-0.25, -0.2) is 4.98 Å². The van der Waals surface area contributed by atoms with E-state index in [0.717, 1.165) is 11.3 Å². The molecule has 3 aromatic heterocycles. The minimum Gasteiger partial charge on any atom is -0.393 e. The van der Waals surface area contributed by atoms with E-state index in [1.165, 1.54) is 12.4 Å². The summed E-state index contributed by atoms with van der Waals surface area (Å²) in [5.41, 5.74) is -1.32. The van der Waals surface area contributed by atoms with Gasteiger partial charge in [-0.2, -0.15) is 15.4 Å². The second-order valence-corrected chi connectivity index (χ2v) is 4.78. The number of carbonyl (C=O) groups excluding carboxylic acids is 1. The number of hydrogen-bond donors (Lipinski definition) is 4. The predicted octanol–water partition coefficient (Wildman–Crippen LogP) is -0.645. The molecule has 4 N–H and O–H groups in total. The van der Waals surface area contributed by atoms with E-state index in [1.807, 2.05) is 4.98 Å². The van der Waals surface area contributed by atoms with E-state index in [0.29, 0.717) is 10.6 Å². The van der Waals surface area contributed by atoms with E-state index in [1.54, 1.807) is 0 Å². The molecule has 109 valence electrons. The minimum absolute atomic E-state index is 0. The summed E-state index contributed by atoms with van der Waals surface area (Å²) in [6, 6.07) is 0. The fraction of sp³-hybridized carbons (Fsp3) is 0. The number of H-pyrrole nitrogens is 3. The Morgan fingerprint density at radius 2 is 2.14 bits per heavy atom. The van der Waals surface area contributed by atoms with Crippen LogP contribution in [0.15, 0.2) is 22.0 Å². The van der Waals surface area contributed by atoms with Crippen LogP contribution in [0.4, 0.5) is 5.13 Å². The van der Waals surface area contributed by atoms with Crippen LogP contribution in [-0.4, -0.2) is 36.3 Å². The maximum absolute atomic E-state index is 11.9. The first kappa shape index (κ1) is 16.4. The number of nitrogens with zero attached hydrogens (tertiary/aromatic N) is 3. The van der Waals surface area contributed by atoms with E-state index in [4.69, 9.17) is 0 Å². The molecule has 3 rings (SSSR count). The number of rotatable bonds is 3. The van der Waals surface area contributed by atoms with Crippen LogP contribution in [0.3, 0.4) is 0 Å².